The van der Waals surface area contributed by atoms with E-state index in [4.69, 9.17) is 16.3 Å². The van der Waals surface area contributed by atoms with Gasteiger partial charge in [0, 0.05) is 67.3 Å². The molecule has 3 aromatic carbocycles. The summed E-state index contributed by atoms with van der Waals surface area (Å²) in [5.41, 5.74) is 2.21. The highest BCUT2D eigenvalue weighted by atomic mass is 35.5. The van der Waals surface area contributed by atoms with Crippen molar-refractivity contribution in [1.82, 2.24) is 14.7 Å². The highest BCUT2D eigenvalue weighted by Gasteiger charge is 2.33. The van der Waals surface area contributed by atoms with Crippen LogP contribution < -0.4 is 24.8 Å². The van der Waals surface area contributed by atoms with E-state index >= 15 is 0 Å². The fourth-order valence-corrected chi connectivity index (χ4v) is 5.09. The highest BCUT2D eigenvalue weighted by molar-refractivity contribution is 6.30. The number of imide groups is 1. The maximum atomic E-state index is 13.1. The van der Waals surface area contributed by atoms with Crippen LogP contribution in [-0.2, 0) is 11.3 Å². The summed E-state index contributed by atoms with van der Waals surface area (Å²) in [6, 6.07) is 18.7. The molecular weight excluding hydrogens is 549 g/mol. The molecule has 1 unspecified atom stereocenters. The van der Waals surface area contributed by atoms with E-state index in [1.54, 1.807) is 12.1 Å². The van der Waals surface area contributed by atoms with Crippen molar-refractivity contribution in [3.63, 3.8) is 0 Å². The summed E-state index contributed by atoms with van der Waals surface area (Å²) in [6.45, 7) is 5.54. The van der Waals surface area contributed by atoms with Crippen LogP contribution in [0.2, 0.25) is 5.02 Å². The Morgan fingerprint density at radius 2 is 1.39 bits per heavy atom. The molecule has 2 aliphatic heterocycles. The fourth-order valence-electron chi connectivity index (χ4n) is 4.96. The van der Waals surface area contributed by atoms with Gasteiger partial charge in [-0.25, -0.2) is 0 Å². The minimum absolute atomic E-state index is 0. The topological polar surface area (TPSA) is 73.3 Å². The number of aliphatic hydroxyl groups excluding tert-OH is 1. The van der Waals surface area contributed by atoms with Gasteiger partial charge in [0.25, 0.3) is 11.8 Å². The van der Waals surface area contributed by atoms with Gasteiger partial charge in [0.05, 0.1) is 19.3 Å². The predicted octanol–water partition coefficient (Wildman–Crippen LogP) is -2.71. The monoisotopic (exact) mass is 577 g/mol. The summed E-state index contributed by atoms with van der Waals surface area (Å²) >= 11 is 5.90. The largest absolute Gasteiger partial charge is 1.00 e. The molecule has 0 saturated carbocycles. The van der Waals surface area contributed by atoms with E-state index in [0.717, 1.165) is 42.5 Å². The van der Waals surface area contributed by atoms with Gasteiger partial charge in [0.1, 0.15) is 0 Å². The SMILES string of the molecule is O=C1c2cccc3cccc(c23)C(=O)N1CCN1CCN(CC(O)COCc2ccc(Cl)cc2)CC1.[Cl-].[Cl-]. The van der Waals surface area contributed by atoms with Gasteiger partial charge >= 0.3 is 0 Å². The minimum Gasteiger partial charge on any atom is -1.00 e. The van der Waals surface area contributed by atoms with Gasteiger partial charge in [-0.15, -0.1) is 0 Å². The van der Waals surface area contributed by atoms with Crippen LogP contribution in [0.5, 0.6) is 0 Å². The van der Waals surface area contributed by atoms with Crippen molar-refractivity contribution in [2.45, 2.75) is 12.7 Å². The first-order valence-corrected chi connectivity index (χ1v) is 12.7. The van der Waals surface area contributed by atoms with Crippen molar-refractivity contribution in [1.29, 1.82) is 0 Å². The third kappa shape index (κ3) is 6.85. The molecule has 1 saturated heterocycles. The molecule has 1 fully saturated rings. The first-order chi connectivity index (χ1) is 17.5. The molecule has 2 heterocycles. The number of β-amino-alcohol motifs (C(OH)–C–C–N with tert-alkyl or cyclic N) is 1. The maximum Gasteiger partial charge on any atom is 0.261 e. The molecule has 38 heavy (non-hydrogen) atoms. The molecule has 0 spiro atoms. The molecule has 204 valence electrons. The lowest BCUT2D eigenvalue weighted by Crippen LogP contribution is -3.00. The van der Waals surface area contributed by atoms with E-state index in [0.29, 0.717) is 42.4 Å². The van der Waals surface area contributed by atoms with E-state index in [9.17, 15) is 14.7 Å². The Balaban J connectivity index is 0.00000200. The average Bonchev–Trinajstić information content (AvgIpc) is 2.89. The Hall–Kier alpha value is -2.23. The molecule has 0 radical (unpaired) electrons. The van der Waals surface area contributed by atoms with Crippen molar-refractivity contribution >= 4 is 34.2 Å². The zero-order chi connectivity index (χ0) is 25.1. The molecular formula is C28H30Cl3N3O4-2. The second kappa shape index (κ2) is 13.7. The van der Waals surface area contributed by atoms with Crippen LogP contribution in [0.4, 0.5) is 0 Å². The van der Waals surface area contributed by atoms with Crippen molar-refractivity contribution in [3.05, 3.63) is 82.4 Å². The molecule has 0 aliphatic carbocycles. The van der Waals surface area contributed by atoms with Gasteiger partial charge in [-0.1, -0.05) is 48.0 Å². The molecule has 2 aliphatic rings. The Kier molecular flexibility index (Phi) is 10.9. The highest BCUT2D eigenvalue weighted by Crippen LogP contribution is 2.29. The van der Waals surface area contributed by atoms with E-state index < -0.39 is 6.10 Å². The first-order valence-electron chi connectivity index (χ1n) is 12.3. The molecule has 10 heteroatoms. The van der Waals surface area contributed by atoms with Crippen LogP contribution in [0.3, 0.4) is 0 Å². The summed E-state index contributed by atoms with van der Waals surface area (Å²) in [4.78, 5) is 32.0. The summed E-state index contributed by atoms with van der Waals surface area (Å²) < 4.78 is 5.66. The number of rotatable bonds is 9. The van der Waals surface area contributed by atoms with Crippen molar-refractivity contribution in [2.24, 2.45) is 0 Å². The zero-order valence-electron chi connectivity index (χ0n) is 20.9. The predicted molar refractivity (Wildman–Crippen MR) is 139 cm³/mol. The summed E-state index contributed by atoms with van der Waals surface area (Å²) in [5, 5.41) is 12.7. The number of hydrogen-bond donors (Lipinski definition) is 1. The first kappa shape index (κ1) is 30.3. The summed E-state index contributed by atoms with van der Waals surface area (Å²) in [6.07, 6.45) is -0.560. The number of benzene rings is 3. The van der Waals surface area contributed by atoms with Crippen molar-refractivity contribution in [2.75, 3.05) is 52.4 Å². The normalized spacial score (nSPS) is 16.7. The van der Waals surface area contributed by atoms with Gasteiger partial charge in [0.2, 0.25) is 0 Å². The van der Waals surface area contributed by atoms with Gasteiger partial charge in [-0.05, 0) is 35.2 Å². The van der Waals surface area contributed by atoms with Gasteiger partial charge in [0.15, 0.2) is 0 Å². The Bertz CT molecular complexity index is 1200. The molecule has 1 atom stereocenters. The number of carbonyl (C=O) groups is 2. The molecule has 1 N–H and O–H groups in total. The van der Waals surface area contributed by atoms with Gasteiger partial charge in [-0.3, -0.25) is 24.3 Å². The second-order valence-electron chi connectivity index (χ2n) is 9.41. The third-order valence-corrected chi connectivity index (χ3v) is 7.17. The standard InChI is InChI=1S/C28H30ClN3O4.2ClH/c29-22-9-7-20(8-10-22)18-36-19-23(33)17-31-13-11-30(12-14-31)15-16-32-27(34)24-5-1-3-21-4-2-6-25(26(21)24)28(32)35;;/h1-10,23,33H,11-19H2;2*1H/p-2. The van der Waals surface area contributed by atoms with Gasteiger partial charge < -0.3 is 34.7 Å². The number of ether oxygens (including phenoxy) is 1. The lowest BCUT2D eigenvalue weighted by molar-refractivity contribution is -0.00100. The van der Waals surface area contributed by atoms with E-state index in [-0.39, 0.29) is 43.2 Å². The van der Waals surface area contributed by atoms with E-state index in [1.807, 2.05) is 48.5 Å². The lowest BCUT2D eigenvalue weighted by atomic mass is 9.94. The number of carbonyl (C=O) groups excluding carboxylic acids is 2. The third-order valence-electron chi connectivity index (χ3n) is 6.92. The number of amides is 2. The molecule has 0 bridgehead atoms. The number of halogens is 3. The summed E-state index contributed by atoms with van der Waals surface area (Å²) in [5.74, 6) is -0.436. The Morgan fingerprint density at radius 3 is 2.00 bits per heavy atom. The van der Waals surface area contributed by atoms with Crippen molar-refractivity contribution < 1.29 is 44.2 Å². The van der Waals surface area contributed by atoms with Crippen LogP contribution in [0, 0.1) is 0 Å². The molecule has 0 aromatic heterocycles. The second-order valence-corrected chi connectivity index (χ2v) is 9.85. The fraction of sp³-hybridized carbons (Fsp3) is 0.357. The molecule has 7 nitrogen and oxygen atoms in total. The smallest absolute Gasteiger partial charge is 0.261 e. The zero-order valence-corrected chi connectivity index (χ0v) is 23.1. The summed E-state index contributed by atoms with van der Waals surface area (Å²) in [7, 11) is 0. The van der Waals surface area contributed by atoms with E-state index in [1.165, 1.54) is 4.90 Å². The maximum absolute atomic E-state index is 13.1. The van der Waals surface area contributed by atoms with Gasteiger partial charge in [-0.2, -0.15) is 0 Å². The quantitative estimate of drug-likeness (QED) is 0.279. The van der Waals surface area contributed by atoms with Crippen LogP contribution in [0.25, 0.3) is 10.8 Å². The number of hydrogen-bond acceptors (Lipinski definition) is 6. The number of piperazine rings is 1. The average molecular weight is 579 g/mol. The molecule has 3 aromatic rings. The molecule has 5 rings (SSSR count). The van der Waals surface area contributed by atoms with Crippen LogP contribution >= 0.6 is 11.6 Å². The van der Waals surface area contributed by atoms with Crippen LogP contribution in [0.1, 0.15) is 26.3 Å². The van der Waals surface area contributed by atoms with E-state index in [2.05, 4.69) is 9.80 Å². The number of nitrogens with zero attached hydrogens (tertiary/aromatic N) is 3. The minimum atomic E-state index is -0.560. The van der Waals surface area contributed by atoms with Crippen LogP contribution in [-0.4, -0.2) is 90.1 Å². The van der Waals surface area contributed by atoms with Crippen molar-refractivity contribution in [3.8, 4) is 0 Å². The Labute approximate surface area is 240 Å². The lowest BCUT2D eigenvalue weighted by Gasteiger charge is -2.36. The molecule has 2 amide bonds. The Morgan fingerprint density at radius 1 is 0.816 bits per heavy atom. The number of aliphatic hydroxyl groups is 1. The van der Waals surface area contributed by atoms with Crippen LogP contribution in [0.15, 0.2) is 60.7 Å².